The van der Waals surface area contributed by atoms with E-state index in [1.165, 1.54) is 23.7 Å². The van der Waals surface area contributed by atoms with Crippen molar-refractivity contribution in [3.63, 3.8) is 0 Å². The summed E-state index contributed by atoms with van der Waals surface area (Å²) in [5, 5.41) is 6.53. The molecule has 0 saturated carbocycles. The summed E-state index contributed by atoms with van der Waals surface area (Å²) in [6, 6.07) is 0. The highest BCUT2D eigenvalue weighted by Gasteiger charge is 2.22. The number of piperidine rings is 1. The molecule has 7 heteroatoms. The molecule has 2 aromatic rings. The average molecular weight is 318 g/mol. The molecule has 7 nitrogen and oxygen atoms in total. The van der Waals surface area contributed by atoms with Crippen LogP contribution >= 0.6 is 0 Å². The topological polar surface area (TPSA) is 89.2 Å². The first kappa shape index (κ1) is 15.7. The molecule has 1 atom stereocenters. The van der Waals surface area contributed by atoms with E-state index >= 15 is 0 Å². The van der Waals surface area contributed by atoms with Crippen molar-refractivity contribution in [1.29, 1.82) is 0 Å². The average Bonchev–Trinajstić information content (AvgIpc) is 2.89. The highest BCUT2D eigenvalue weighted by atomic mass is 16.3. The minimum Gasteiger partial charge on any atom is -0.442 e. The largest absolute Gasteiger partial charge is 0.442 e. The van der Waals surface area contributed by atoms with Gasteiger partial charge >= 0.3 is 0 Å². The Morgan fingerprint density at radius 1 is 1.57 bits per heavy atom. The van der Waals surface area contributed by atoms with Crippen LogP contribution in [0.3, 0.4) is 0 Å². The second-order valence-electron chi connectivity index (χ2n) is 6.13. The van der Waals surface area contributed by atoms with E-state index in [1.807, 2.05) is 0 Å². The third-order valence-corrected chi connectivity index (χ3v) is 4.41. The number of rotatable bonds is 4. The fourth-order valence-corrected chi connectivity index (χ4v) is 3.11. The van der Waals surface area contributed by atoms with E-state index in [-0.39, 0.29) is 22.6 Å². The lowest BCUT2D eigenvalue weighted by atomic mass is 9.96. The summed E-state index contributed by atoms with van der Waals surface area (Å²) >= 11 is 0. The van der Waals surface area contributed by atoms with Crippen LogP contribution < -0.4 is 16.2 Å². The van der Waals surface area contributed by atoms with Crippen molar-refractivity contribution in [2.24, 2.45) is 13.0 Å². The van der Waals surface area contributed by atoms with E-state index in [0.29, 0.717) is 23.8 Å². The van der Waals surface area contributed by atoms with Crippen LogP contribution in [-0.4, -0.2) is 35.1 Å². The maximum atomic E-state index is 12.5. The van der Waals surface area contributed by atoms with Gasteiger partial charge in [-0.05, 0) is 45.2 Å². The number of fused-ring (bicyclic) bond motifs is 1. The Morgan fingerprint density at radius 3 is 3.13 bits per heavy atom. The number of amides is 1. The predicted octanol–water partition coefficient (Wildman–Crippen LogP) is 0.954. The molecule has 124 valence electrons. The van der Waals surface area contributed by atoms with Crippen LogP contribution in [0.5, 0.6) is 0 Å². The molecule has 2 N–H and O–H groups in total. The van der Waals surface area contributed by atoms with E-state index < -0.39 is 0 Å². The normalized spacial score (nSPS) is 18.3. The molecule has 3 rings (SSSR count). The van der Waals surface area contributed by atoms with Crippen molar-refractivity contribution in [3.8, 4) is 0 Å². The first-order valence-corrected chi connectivity index (χ1v) is 8.01. The second-order valence-corrected chi connectivity index (χ2v) is 6.13. The van der Waals surface area contributed by atoms with Gasteiger partial charge in [-0.2, -0.15) is 0 Å². The number of hydrogen-bond donors (Lipinski definition) is 2. The Kier molecular flexibility index (Phi) is 4.47. The van der Waals surface area contributed by atoms with Gasteiger partial charge in [0.1, 0.15) is 17.5 Å². The Balaban J connectivity index is 1.74. The number of carbonyl (C=O) groups is 1. The fourth-order valence-electron chi connectivity index (χ4n) is 3.11. The molecular formula is C16H22N4O3. The summed E-state index contributed by atoms with van der Waals surface area (Å²) in [7, 11) is 1.61. The number of aromatic nitrogens is 2. The van der Waals surface area contributed by atoms with Crippen LogP contribution in [-0.2, 0) is 7.05 Å². The lowest BCUT2D eigenvalue weighted by molar-refractivity contribution is 0.0950. The summed E-state index contributed by atoms with van der Waals surface area (Å²) < 4.78 is 6.81. The molecule has 1 unspecified atom stereocenters. The second kappa shape index (κ2) is 6.54. The van der Waals surface area contributed by atoms with Gasteiger partial charge in [0, 0.05) is 13.6 Å². The lowest BCUT2D eigenvalue weighted by Crippen LogP contribution is -2.33. The van der Waals surface area contributed by atoms with Crippen molar-refractivity contribution >= 4 is 17.0 Å². The number of nitrogens with one attached hydrogen (secondary N) is 2. The van der Waals surface area contributed by atoms with E-state index in [9.17, 15) is 9.59 Å². The summed E-state index contributed by atoms with van der Waals surface area (Å²) in [6.07, 6.45) is 4.71. The maximum absolute atomic E-state index is 12.5. The van der Waals surface area contributed by atoms with Crippen molar-refractivity contribution < 1.29 is 9.21 Å². The smallest absolute Gasteiger partial charge is 0.265 e. The van der Waals surface area contributed by atoms with Crippen LogP contribution in [0.25, 0.3) is 11.1 Å². The standard InChI is InChI=1S/C16H22N4O3/c1-10-12(13-15(23-10)19-9-20(2)16(13)22)14(21)18-7-5-11-4-3-6-17-8-11/h9,11,17H,3-8H2,1-2H3,(H,18,21). The molecule has 1 aliphatic rings. The van der Waals surface area contributed by atoms with Gasteiger partial charge in [-0.25, -0.2) is 4.98 Å². The van der Waals surface area contributed by atoms with Gasteiger partial charge in [0.15, 0.2) is 0 Å². The van der Waals surface area contributed by atoms with E-state index in [0.717, 1.165) is 19.5 Å². The highest BCUT2D eigenvalue weighted by Crippen LogP contribution is 2.20. The van der Waals surface area contributed by atoms with Gasteiger partial charge < -0.3 is 19.6 Å². The molecule has 2 aromatic heterocycles. The molecular weight excluding hydrogens is 296 g/mol. The summed E-state index contributed by atoms with van der Waals surface area (Å²) in [5.41, 5.74) is 0.246. The van der Waals surface area contributed by atoms with Crippen LogP contribution in [0.4, 0.5) is 0 Å². The predicted molar refractivity (Wildman–Crippen MR) is 86.5 cm³/mol. The van der Waals surface area contributed by atoms with Crippen molar-refractivity contribution in [2.75, 3.05) is 19.6 Å². The van der Waals surface area contributed by atoms with E-state index in [2.05, 4.69) is 15.6 Å². The van der Waals surface area contributed by atoms with Crippen molar-refractivity contribution in [3.05, 3.63) is 28.0 Å². The van der Waals surface area contributed by atoms with Gasteiger partial charge in [0.25, 0.3) is 11.5 Å². The number of nitrogens with zero attached hydrogens (tertiary/aromatic N) is 2. The van der Waals surface area contributed by atoms with E-state index in [1.54, 1.807) is 14.0 Å². The molecule has 0 aliphatic carbocycles. The van der Waals surface area contributed by atoms with Crippen LogP contribution in [0.15, 0.2) is 15.5 Å². The van der Waals surface area contributed by atoms with Gasteiger partial charge in [0.2, 0.25) is 5.71 Å². The van der Waals surface area contributed by atoms with Gasteiger partial charge in [-0.1, -0.05) is 0 Å². The maximum Gasteiger partial charge on any atom is 0.265 e. The molecule has 3 heterocycles. The van der Waals surface area contributed by atoms with Crippen LogP contribution in [0, 0.1) is 12.8 Å². The fraction of sp³-hybridized carbons (Fsp3) is 0.562. The molecule has 0 bridgehead atoms. The molecule has 23 heavy (non-hydrogen) atoms. The number of carbonyl (C=O) groups excluding carboxylic acids is 1. The highest BCUT2D eigenvalue weighted by molar-refractivity contribution is 6.06. The number of furan rings is 1. The third kappa shape index (κ3) is 3.14. The monoisotopic (exact) mass is 318 g/mol. The van der Waals surface area contributed by atoms with Gasteiger partial charge in [-0.15, -0.1) is 0 Å². The molecule has 0 aromatic carbocycles. The van der Waals surface area contributed by atoms with E-state index in [4.69, 9.17) is 4.42 Å². The summed E-state index contributed by atoms with van der Waals surface area (Å²) in [4.78, 5) is 28.8. The molecule has 1 aliphatic heterocycles. The first-order chi connectivity index (χ1) is 11.1. The zero-order valence-electron chi connectivity index (χ0n) is 13.5. The zero-order valence-corrected chi connectivity index (χ0v) is 13.5. The minimum atomic E-state index is -0.270. The lowest BCUT2D eigenvalue weighted by Gasteiger charge is -2.22. The minimum absolute atomic E-state index is 0.215. The molecule has 1 saturated heterocycles. The molecule has 1 amide bonds. The van der Waals surface area contributed by atoms with Gasteiger partial charge in [0.05, 0.1) is 5.56 Å². The SMILES string of the molecule is Cc1oc2ncn(C)c(=O)c2c1C(=O)NCCC1CCCNC1. The Bertz CT molecular complexity index is 771. The number of hydrogen-bond acceptors (Lipinski definition) is 5. The van der Waals surface area contributed by atoms with Gasteiger partial charge in [-0.3, -0.25) is 9.59 Å². The van der Waals surface area contributed by atoms with Crippen LogP contribution in [0.2, 0.25) is 0 Å². The summed E-state index contributed by atoms with van der Waals surface area (Å²) in [6.45, 7) is 4.37. The third-order valence-electron chi connectivity index (χ3n) is 4.41. The summed E-state index contributed by atoms with van der Waals surface area (Å²) in [5.74, 6) is 0.753. The first-order valence-electron chi connectivity index (χ1n) is 8.01. The van der Waals surface area contributed by atoms with Crippen molar-refractivity contribution in [1.82, 2.24) is 20.2 Å². The number of aryl methyl sites for hydroxylation is 2. The Morgan fingerprint density at radius 2 is 2.39 bits per heavy atom. The molecule has 1 fully saturated rings. The quantitative estimate of drug-likeness (QED) is 0.876. The zero-order chi connectivity index (χ0) is 16.4. The Labute approximate surface area is 134 Å². The Hall–Kier alpha value is -2.15. The van der Waals surface area contributed by atoms with Crippen molar-refractivity contribution in [2.45, 2.75) is 26.2 Å². The molecule has 0 spiro atoms. The molecule has 0 radical (unpaired) electrons. The van der Waals surface area contributed by atoms with Crippen LogP contribution in [0.1, 0.15) is 35.4 Å².